The third kappa shape index (κ3) is 2.19. The number of anilines is 2. The fourth-order valence-electron chi connectivity index (χ4n) is 1.73. The van der Waals surface area contributed by atoms with Crippen molar-refractivity contribution in [3.8, 4) is 0 Å². The van der Waals surface area contributed by atoms with Gasteiger partial charge >= 0.3 is 0 Å². The van der Waals surface area contributed by atoms with Gasteiger partial charge in [-0.05, 0) is 31.2 Å². The number of nitrogens with zero attached hydrogens (tertiary/aromatic N) is 1. The van der Waals surface area contributed by atoms with E-state index in [1.54, 1.807) is 11.3 Å². The minimum absolute atomic E-state index is 0.752. The number of aromatic nitrogens is 1. The van der Waals surface area contributed by atoms with E-state index in [0.29, 0.717) is 0 Å². The molecule has 0 bridgehead atoms. The summed E-state index contributed by atoms with van der Waals surface area (Å²) in [7, 11) is 0. The number of hydrogen-bond donors (Lipinski definition) is 1. The summed E-state index contributed by atoms with van der Waals surface area (Å²) >= 11 is 7.71. The SMILES string of the molecule is Cc1ccc(Nc2nc3cccc(Cl)c3s2)cc1. The standard InChI is InChI=1S/C14H11ClN2S/c1-9-5-7-10(8-6-9)16-14-17-12-4-2-3-11(15)13(12)18-14/h2-8H,1H3,(H,16,17). The van der Waals surface area contributed by atoms with Gasteiger partial charge in [0.2, 0.25) is 0 Å². The quantitative estimate of drug-likeness (QED) is 0.711. The number of rotatable bonds is 2. The number of halogens is 1. The molecule has 0 fully saturated rings. The third-order valence-corrected chi connectivity index (χ3v) is 4.12. The van der Waals surface area contributed by atoms with Crippen molar-refractivity contribution < 1.29 is 0 Å². The predicted molar refractivity (Wildman–Crippen MR) is 79.1 cm³/mol. The van der Waals surface area contributed by atoms with E-state index in [1.165, 1.54) is 5.56 Å². The van der Waals surface area contributed by atoms with Crippen LogP contribution in [0.1, 0.15) is 5.56 Å². The Bertz CT molecular complexity index is 689. The van der Waals surface area contributed by atoms with Crippen molar-refractivity contribution in [1.29, 1.82) is 0 Å². The average Bonchev–Trinajstić information content (AvgIpc) is 2.76. The van der Waals surface area contributed by atoms with Crippen molar-refractivity contribution in [2.75, 3.05) is 5.32 Å². The zero-order valence-electron chi connectivity index (χ0n) is 9.77. The maximum absolute atomic E-state index is 6.14. The summed E-state index contributed by atoms with van der Waals surface area (Å²) in [5.41, 5.74) is 3.21. The second-order valence-electron chi connectivity index (χ2n) is 4.10. The molecular formula is C14H11ClN2S. The first kappa shape index (κ1) is 11.5. The highest BCUT2D eigenvalue weighted by Crippen LogP contribution is 2.33. The molecule has 1 heterocycles. The van der Waals surface area contributed by atoms with Crippen molar-refractivity contribution in [2.24, 2.45) is 0 Å². The van der Waals surface area contributed by atoms with E-state index in [1.807, 2.05) is 30.3 Å². The Labute approximate surface area is 114 Å². The van der Waals surface area contributed by atoms with Crippen molar-refractivity contribution in [3.63, 3.8) is 0 Å². The van der Waals surface area contributed by atoms with Gasteiger partial charge in [-0.2, -0.15) is 0 Å². The Morgan fingerprint density at radius 2 is 1.89 bits per heavy atom. The first-order valence-electron chi connectivity index (χ1n) is 5.61. The first-order valence-corrected chi connectivity index (χ1v) is 6.80. The van der Waals surface area contributed by atoms with E-state index >= 15 is 0 Å². The van der Waals surface area contributed by atoms with Crippen LogP contribution in [0.3, 0.4) is 0 Å². The Hall–Kier alpha value is -1.58. The lowest BCUT2D eigenvalue weighted by Gasteiger charge is -2.01. The van der Waals surface area contributed by atoms with Gasteiger partial charge in [-0.3, -0.25) is 0 Å². The molecule has 3 aromatic rings. The molecule has 1 aromatic heterocycles. The highest BCUT2D eigenvalue weighted by molar-refractivity contribution is 7.22. The van der Waals surface area contributed by atoms with Gasteiger partial charge in [0.25, 0.3) is 0 Å². The molecule has 18 heavy (non-hydrogen) atoms. The fraction of sp³-hybridized carbons (Fsp3) is 0.0714. The molecule has 3 rings (SSSR count). The number of benzene rings is 2. The predicted octanol–water partition coefficient (Wildman–Crippen LogP) is 5.00. The molecule has 2 nitrogen and oxygen atoms in total. The summed E-state index contributed by atoms with van der Waals surface area (Å²) in [4.78, 5) is 4.51. The zero-order valence-corrected chi connectivity index (χ0v) is 11.3. The van der Waals surface area contributed by atoms with Crippen LogP contribution in [0.15, 0.2) is 42.5 Å². The highest BCUT2D eigenvalue weighted by atomic mass is 35.5. The maximum atomic E-state index is 6.14. The van der Waals surface area contributed by atoms with Crippen LogP contribution in [0.5, 0.6) is 0 Å². The van der Waals surface area contributed by atoms with Crippen molar-refractivity contribution in [3.05, 3.63) is 53.1 Å². The van der Waals surface area contributed by atoms with Crippen LogP contribution in [0.25, 0.3) is 10.2 Å². The molecule has 0 spiro atoms. The summed E-state index contributed by atoms with van der Waals surface area (Å²) < 4.78 is 1.02. The molecule has 0 amide bonds. The van der Waals surface area contributed by atoms with Crippen molar-refractivity contribution in [2.45, 2.75) is 6.92 Å². The molecule has 4 heteroatoms. The summed E-state index contributed by atoms with van der Waals surface area (Å²) in [6, 6.07) is 14.0. The molecule has 0 unspecified atom stereocenters. The Morgan fingerprint density at radius 1 is 1.11 bits per heavy atom. The number of aryl methyl sites for hydroxylation is 1. The fourth-order valence-corrected chi connectivity index (χ4v) is 2.90. The molecule has 0 atom stereocenters. The second kappa shape index (κ2) is 4.59. The molecule has 0 saturated carbocycles. The topological polar surface area (TPSA) is 24.9 Å². The normalized spacial score (nSPS) is 10.8. The Morgan fingerprint density at radius 3 is 2.61 bits per heavy atom. The van der Waals surface area contributed by atoms with Crippen LogP contribution in [0, 0.1) is 6.92 Å². The smallest absolute Gasteiger partial charge is 0.188 e. The largest absolute Gasteiger partial charge is 0.332 e. The van der Waals surface area contributed by atoms with Gasteiger partial charge in [-0.15, -0.1) is 0 Å². The Kier molecular flexibility index (Phi) is 2.94. The molecule has 0 aliphatic rings. The maximum Gasteiger partial charge on any atom is 0.188 e. The average molecular weight is 275 g/mol. The van der Waals surface area contributed by atoms with Crippen LogP contribution in [-0.2, 0) is 0 Å². The summed E-state index contributed by atoms with van der Waals surface area (Å²) in [5.74, 6) is 0. The van der Waals surface area contributed by atoms with Crippen LogP contribution >= 0.6 is 22.9 Å². The minimum Gasteiger partial charge on any atom is -0.332 e. The first-order chi connectivity index (χ1) is 8.72. The van der Waals surface area contributed by atoms with Gasteiger partial charge in [0.15, 0.2) is 5.13 Å². The van der Waals surface area contributed by atoms with E-state index in [-0.39, 0.29) is 0 Å². The van der Waals surface area contributed by atoms with Gasteiger partial charge in [0, 0.05) is 5.69 Å². The van der Waals surface area contributed by atoms with Gasteiger partial charge in [-0.1, -0.05) is 46.7 Å². The van der Waals surface area contributed by atoms with E-state index in [2.05, 4.69) is 29.4 Å². The van der Waals surface area contributed by atoms with Crippen LogP contribution < -0.4 is 5.32 Å². The molecule has 0 aliphatic carbocycles. The van der Waals surface area contributed by atoms with Gasteiger partial charge < -0.3 is 5.32 Å². The molecule has 90 valence electrons. The van der Waals surface area contributed by atoms with E-state index in [0.717, 1.165) is 26.1 Å². The lowest BCUT2D eigenvalue weighted by atomic mass is 10.2. The minimum atomic E-state index is 0.752. The monoisotopic (exact) mass is 274 g/mol. The van der Waals surface area contributed by atoms with Gasteiger partial charge in [0.05, 0.1) is 15.2 Å². The van der Waals surface area contributed by atoms with Crippen LogP contribution in [0.4, 0.5) is 10.8 Å². The molecule has 0 radical (unpaired) electrons. The molecule has 0 aliphatic heterocycles. The molecule has 1 N–H and O–H groups in total. The summed E-state index contributed by atoms with van der Waals surface area (Å²) in [6.45, 7) is 2.07. The zero-order chi connectivity index (χ0) is 12.5. The molecule has 2 aromatic carbocycles. The van der Waals surface area contributed by atoms with E-state index in [4.69, 9.17) is 11.6 Å². The van der Waals surface area contributed by atoms with E-state index < -0.39 is 0 Å². The molecule has 0 saturated heterocycles. The lowest BCUT2D eigenvalue weighted by Crippen LogP contribution is -1.88. The molecular weight excluding hydrogens is 264 g/mol. The highest BCUT2D eigenvalue weighted by Gasteiger charge is 2.06. The number of hydrogen-bond acceptors (Lipinski definition) is 3. The third-order valence-electron chi connectivity index (χ3n) is 2.67. The number of nitrogens with one attached hydrogen (secondary N) is 1. The Balaban J connectivity index is 1.95. The number of thiazole rings is 1. The van der Waals surface area contributed by atoms with E-state index in [9.17, 15) is 0 Å². The number of fused-ring (bicyclic) bond motifs is 1. The lowest BCUT2D eigenvalue weighted by molar-refractivity contribution is 1.42. The van der Waals surface area contributed by atoms with Crippen molar-refractivity contribution in [1.82, 2.24) is 4.98 Å². The summed E-state index contributed by atoms with van der Waals surface area (Å²) in [6.07, 6.45) is 0. The second-order valence-corrected chi connectivity index (χ2v) is 5.50. The van der Waals surface area contributed by atoms with Gasteiger partial charge in [-0.25, -0.2) is 4.98 Å². The van der Waals surface area contributed by atoms with Crippen LogP contribution in [-0.4, -0.2) is 4.98 Å². The van der Waals surface area contributed by atoms with Crippen molar-refractivity contribution >= 4 is 44.0 Å². The van der Waals surface area contributed by atoms with Crippen LogP contribution in [0.2, 0.25) is 5.02 Å². The van der Waals surface area contributed by atoms with Gasteiger partial charge in [0.1, 0.15) is 0 Å². The summed E-state index contributed by atoms with van der Waals surface area (Å²) in [5, 5.41) is 4.91.